The largest absolute Gasteiger partial charge is 0.298 e. The molecule has 0 amide bonds. The highest BCUT2D eigenvalue weighted by Crippen LogP contribution is 2.40. The molecule has 184 valence electrons. The van der Waals surface area contributed by atoms with Gasteiger partial charge in [-0.1, -0.05) is 123 Å². The highest BCUT2D eigenvalue weighted by atomic mass is 79.9. The first-order valence-corrected chi connectivity index (χ1v) is 15.7. The summed E-state index contributed by atoms with van der Waals surface area (Å²) < 4.78 is 1.85. The lowest BCUT2D eigenvalue weighted by Gasteiger charge is -2.25. The van der Waals surface area contributed by atoms with Crippen LogP contribution in [0, 0.1) is 0 Å². The molecule has 0 bridgehead atoms. The molecule has 0 N–H and O–H groups in total. The summed E-state index contributed by atoms with van der Waals surface area (Å²) in [5, 5.41) is 2.34. The molecule has 0 spiro atoms. The Hall–Kier alpha value is -0.950. The Labute approximate surface area is 255 Å². The molecule has 0 radical (unpaired) electrons. The van der Waals surface area contributed by atoms with Gasteiger partial charge >= 0.3 is 0 Å². The minimum absolute atomic E-state index is 0.130. The number of alkyl halides is 2. The fraction of sp³-hybridized carbons (Fsp3) is 0.138. The molecule has 0 aliphatic carbocycles. The summed E-state index contributed by atoms with van der Waals surface area (Å²) in [5.41, 5.74) is 5.96. The molecule has 2 atom stereocenters. The molecule has 0 aliphatic heterocycles. The number of benzene rings is 4. The van der Waals surface area contributed by atoms with E-state index in [9.17, 15) is 4.79 Å². The zero-order valence-electron chi connectivity index (χ0n) is 18.8. The fourth-order valence-corrected chi connectivity index (χ4v) is 6.64. The molecular formula is C29H20Br4Cl2O. The van der Waals surface area contributed by atoms with E-state index in [1.165, 1.54) is 0 Å². The van der Waals surface area contributed by atoms with Gasteiger partial charge in [0.05, 0.1) is 11.8 Å². The number of hydrogen-bond donors (Lipinski definition) is 0. The molecule has 0 saturated heterocycles. The zero-order valence-corrected chi connectivity index (χ0v) is 26.7. The molecule has 2 unspecified atom stereocenters. The minimum Gasteiger partial charge on any atom is -0.298 e. The van der Waals surface area contributed by atoms with Crippen molar-refractivity contribution >= 4 is 92.7 Å². The summed E-state index contributed by atoms with van der Waals surface area (Å²) >= 11 is 26.8. The lowest BCUT2D eigenvalue weighted by atomic mass is 9.81. The van der Waals surface area contributed by atoms with Crippen LogP contribution >= 0.6 is 86.9 Å². The van der Waals surface area contributed by atoms with Crippen LogP contribution in [0.1, 0.15) is 23.0 Å². The summed E-state index contributed by atoms with van der Waals surface area (Å²) in [4.78, 5) is 14.3. The van der Waals surface area contributed by atoms with Crippen molar-refractivity contribution < 1.29 is 4.79 Å². The molecule has 1 nitrogen and oxygen atoms in total. The first-order valence-electron chi connectivity index (χ1n) is 11.1. The van der Waals surface area contributed by atoms with Gasteiger partial charge in [0.2, 0.25) is 0 Å². The van der Waals surface area contributed by atoms with Gasteiger partial charge in [-0.05, 0) is 81.9 Å². The maximum Gasteiger partial charge on any atom is 0.149 e. The number of Topliss-reactive ketones (excluding diaryl/α,β-unsaturated/α-hetero) is 1. The van der Waals surface area contributed by atoms with Crippen molar-refractivity contribution in [3.8, 4) is 22.3 Å². The molecule has 0 fully saturated rings. The van der Waals surface area contributed by atoms with E-state index in [1.807, 2.05) is 84.9 Å². The van der Waals surface area contributed by atoms with Gasteiger partial charge in [-0.2, -0.15) is 0 Å². The summed E-state index contributed by atoms with van der Waals surface area (Å²) in [6.45, 7) is 0. The van der Waals surface area contributed by atoms with E-state index >= 15 is 0 Å². The third-order valence-electron chi connectivity index (χ3n) is 6.08. The predicted octanol–water partition coefficient (Wildman–Crippen LogP) is 11.1. The number of hydrogen-bond acceptors (Lipinski definition) is 1. The highest BCUT2D eigenvalue weighted by molar-refractivity contribution is 9.11. The van der Waals surface area contributed by atoms with Crippen LogP contribution in [0.2, 0.25) is 10.0 Å². The Kier molecular flexibility index (Phi) is 9.93. The SMILES string of the molecule is O=C(C(CBr)c1cc(Br)ccc1-c1ccc(Cl)cc1)C(CBr)c1cc(Br)ccc1-c1ccc(Cl)cc1. The van der Waals surface area contributed by atoms with Crippen LogP contribution in [0.25, 0.3) is 22.3 Å². The number of halogens is 6. The second kappa shape index (κ2) is 12.7. The van der Waals surface area contributed by atoms with Crippen molar-refractivity contribution in [3.05, 3.63) is 115 Å². The summed E-state index contributed by atoms with van der Waals surface area (Å²) in [7, 11) is 0. The molecule has 4 rings (SSSR count). The van der Waals surface area contributed by atoms with Gasteiger partial charge in [-0.15, -0.1) is 0 Å². The van der Waals surface area contributed by atoms with Crippen LogP contribution < -0.4 is 0 Å². The van der Waals surface area contributed by atoms with Gasteiger partial charge in [0.1, 0.15) is 5.78 Å². The molecule has 0 saturated carbocycles. The van der Waals surface area contributed by atoms with Crippen molar-refractivity contribution in [2.45, 2.75) is 11.8 Å². The van der Waals surface area contributed by atoms with E-state index in [-0.39, 0.29) is 17.6 Å². The maximum absolute atomic E-state index is 14.3. The van der Waals surface area contributed by atoms with Crippen molar-refractivity contribution in [1.29, 1.82) is 0 Å². The average molecular weight is 775 g/mol. The smallest absolute Gasteiger partial charge is 0.149 e. The minimum atomic E-state index is -0.368. The molecular weight excluding hydrogens is 755 g/mol. The van der Waals surface area contributed by atoms with Crippen LogP contribution in [0.3, 0.4) is 0 Å². The predicted molar refractivity (Wildman–Crippen MR) is 167 cm³/mol. The van der Waals surface area contributed by atoms with Gasteiger partial charge in [0.15, 0.2) is 0 Å². The highest BCUT2D eigenvalue weighted by Gasteiger charge is 2.31. The second-order valence-corrected chi connectivity index (χ2v) is 12.3. The lowest BCUT2D eigenvalue weighted by molar-refractivity contribution is -0.120. The normalized spacial score (nSPS) is 12.8. The van der Waals surface area contributed by atoms with Gasteiger partial charge in [0, 0.05) is 29.7 Å². The molecule has 0 aromatic heterocycles. The fourth-order valence-electron chi connectivity index (χ4n) is 4.30. The van der Waals surface area contributed by atoms with Gasteiger partial charge in [-0.25, -0.2) is 0 Å². The van der Waals surface area contributed by atoms with Gasteiger partial charge < -0.3 is 0 Å². The standard InChI is InChI=1S/C29H20Br4Cl2O/c30-15-27(25-13-19(32)5-11-23(25)17-1-7-21(34)8-2-17)29(36)28(16-31)26-14-20(33)6-12-24(26)18-3-9-22(35)10-4-18/h1-14,27-28H,15-16H2. The average Bonchev–Trinajstić information content (AvgIpc) is 2.87. The Balaban J connectivity index is 1.81. The van der Waals surface area contributed by atoms with E-state index in [2.05, 4.69) is 63.7 Å². The molecule has 4 aromatic carbocycles. The first kappa shape index (κ1) is 28.1. The van der Waals surface area contributed by atoms with Crippen molar-refractivity contribution in [2.24, 2.45) is 0 Å². The number of rotatable bonds is 8. The maximum atomic E-state index is 14.3. The first-order chi connectivity index (χ1) is 17.3. The van der Waals surface area contributed by atoms with Crippen LogP contribution in [0.4, 0.5) is 0 Å². The zero-order chi connectivity index (χ0) is 25.8. The Bertz CT molecular complexity index is 1270. The van der Waals surface area contributed by atoms with Crippen molar-refractivity contribution in [2.75, 3.05) is 10.7 Å². The number of carbonyl (C=O) groups is 1. The summed E-state index contributed by atoms with van der Waals surface area (Å²) in [5.74, 6) is -0.606. The monoisotopic (exact) mass is 770 g/mol. The second-order valence-electron chi connectivity index (χ2n) is 8.29. The van der Waals surface area contributed by atoms with Crippen LogP contribution in [-0.2, 0) is 4.79 Å². The third kappa shape index (κ3) is 6.36. The van der Waals surface area contributed by atoms with Crippen LogP contribution in [0.5, 0.6) is 0 Å². The van der Waals surface area contributed by atoms with E-state index in [0.717, 1.165) is 42.3 Å². The van der Waals surface area contributed by atoms with Gasteiger partial charge in [-0.3, -0.25) is 4.79 Å². The van der Waals surface area contributed by atoms with E-state index in [0.29, 0.717) is 20.7 Å². The summed E-state index contributed by atoms with van der Waals surface area (Å²) in [6, 6.07) is 27.6. The molecule has 7 heteroatoms. The Morgan fingerprint density at radius 3 is 1.31 bits per heavy atom. The Morgan fingerprint density at radius 2 is 0.972 bits per heavy atom. The van der Waals surface area contributed by atoms with Crippen molar-refractivity contribution in [3.63, 3.8) is 0 Å². The molecule has 36 heavy (non-hydrogen) atoms. The molecule has 0 aliphatic rings. The summed E-state index contributed by atoms with van der Waals surface area (Å²) in [6.07, 6.45) is 0. The molecule has 0 heterocycles. The quantitative estimate of drug-likeness (QED) is 0.163. The van der Waals surface area contributed by atoms with Crippen LogP contribution in [0.15, 0.2) is 93.9 Å². The number of carbonyl (C=O) groups excluding carboxylic acids is 1. The number of ketones is 1. The van der Waals surface area contributed by atoms with E-state index in [1.54, 1.807) is 0 Å². The van der Waals surface area contributed by atoms with Crippen molar-refractivity contribution in [1.82, 2.24) is 0 Å². The van der Waals surface area contributed by atoms with Crippen LogP contribution in [-0.4, -0.2) is 16.4 Å². The van der Waals surface area contributed by atoms with E-state index in [4.69, 9.17) is 23.2 Å². The lowest BCUT2D eigenvalue weighted by Crippen LogP contribution is -2.24. The van der Waals surface area contributed by atoms with Gasteiger partial charge in [0.25, 0.3) is 0 Å². The Morgan fingerprint density at radius 1 is 0.611 bits per heavy atom. The van der Waals surface area contributed by atoms with E-state index < -0.39 is 0 Å². The third-order valence-corrected chi connectivity index (χ3v) is 8.87. The topological polar surface area (TPSA) is 17.1 Å². The molecule has 4 aromatic rings.